The minimum Gasteiger partial charge on any atom is -0.490 e. The Morgan fingerprint density at radius 2 is 2.07 bits per heavy atom. The highest BCUT2D eigenvalue weighted by molar-refractivity contribution is 7.20. The number of carbonyl (C=O) groups is 1. The van der Waals surface area contributed by atoms with Crippen LogP contribution in [-0.4, -0.2) is 28.7 Å². The van der Waals surface area contributed by atoms with E-state index in [4.69, 9.17) is 9.47 Å². The summed E-state index contributed by atoms with van der Waals surface area (Å²) < 4.78 is 12.9. The molecule has 0 saturated heterocycles. The monoisotopic (exact) mass is 426 g/mol. The van der Waals surface area contributed by atoms with Crippen LogP contribution in [0.25, 0.3) is 10.2 Å². The summed E-state index contributed by atoms with van der Waals surface area (Å²) in [5, 5.41) is 0.537. The van der Waals surface area contributed by atoms with E-state index in [0.29, 0.717) is 33.1 Å². The van der Waals surface area contributed by atoms with Gasteiger partial charge in [-0.15, -0.1) is 11.3 Å². The summed E-state index contributed by atoms with van der Waals surface area (Å²) in [6.45, 7) is 9.29. The molecular formula is C23H26N2O4S. The fraction of sp³-hybridized carbons (Fsp3) is 0.435. The molecule has 1 aliphatic rings. The van der Waals surface area contributed by atoms with Gasteiger partial charge in [-0.3, -0.25) is 9.36 Å². The summed E-state index contributed by atoms with van der Waals surface area (Å²) >= 11 is 1.23. The molecule has 30 heavy (non-hydrogen) atoms. The van der Waals surface area contributed by atoms with Crippen LogP contribution in [0.15, 0.2) is 23.0 Å². The van der Waals surface area contributed by atoms with Crippen molar-refractivity contribution in [3.63, 3.8) is 0 Å². The fourth-order valence-electron chi connectivity index (χ4n) is 4.02. The maximum atomic E-state index is 12.7. The third-order valence-corrected chi connectivity index (χ3v) is 6.71. The van der Waals surface area contributed by atoms with Crippen molar-refractivity contribution >= 4 is 27.5 Å². The van der Waals surface area contributed by atoms with Gasteiger partial charge in [0.25, 0.3) is 5.56 Å². The van der Waals surface area contributed by atoms with Gasteiger partial charge in [-0.05, 0) is 55.0 Å². The van der Waals surface area contributed by atoms with E-state index >= 15 is 0 Å². The number of nitrogens with zero attached hydrogens (tertiary/aromatic N) is 2. The van der Waals surface area contributed by atoms with Crippen LogP contribution in [0.5, 0.6) is 5.75 Å². The summed E-state index contributed by atoms with van der Waals surface area (Å²) in [6.07, 6.45) is 1.74. The summed E-state index contributed by atoms with van der Waals surface area (Å²) in [6, 6.07) is 6.02. The van der Waals surface area contributed by atoms with E-state index in [1.165, 1.54) is 22.5 Å². The lowest BCUT2D eigenvalue weighted by molar-refractivity contribution is 0.0455. The number of aryl methyl sites for hydroxylation is 3. The van der Waals surface area contributed by atoms with Crippen molar-refractivity contribution in [2.24, 2.45) is 0 Å². The first-order chi connectivity index (χ1) is 14.4. The van der Waals surface area contributed by atoms with Crippen molar-refractivity contribution in [2.75, 3.05) is 13.2 Å². The first-order valence-corrected chi connectivity index (χ1v) is 11.1. The molecule has 0 radical (unpaired) electrons. The van der Waals surface area contributed by atoms with Crippen molar-refractivity contribution < 1.29 is 14.3 Å². The van der Waals surface area contributed by atoms with E-state index in [0.717, 1.165) is 24.4 Å². The number of hydrogen-bond donors (Lipinski definition) is 0. The molecule has 1 aromatic carbocycles. The third kappa shape index (κ3) is 3.74. The number of thiophene rings is 1. The maximum absolute atomic E-state index is 12.7. The Kier molecular flexibility index (Phi) is 5.64. The molecule has 0 N–H and O–H groups in total. The lowest BCUT2D eigenvalue weighted by Gasteiger charge is -2.12. The van der Waals surface area contributed by atoms with Gasteiger partial charge in [-0.2, -0.15) is 0 Å². The molecule has 3 aromatic rings. The van der Waals surface area contributed by atoms with Gasteiger partial charge in [0.2, 0.25) is 0 Å². The van der Waals surface area contributed by atoms with Crippen molar-refractivity contribution in [1.82, 2.24) is 9.55 Å². The molecule has 4 rings (SSSR count). The lowest BCUT2D eigenvalue weighted by atomic mass is 9.98. The highest BCUT2D eigenvalue weighted by Gasteiger charge is 2.24. The zero-order chi connectivity index (χ0) is 21.4. The molecule has 1 aliphatic heterocycles. The average molecular weight is 427 g/mol. The Morgan fingerprint density at radius 1 is 1.27 bits per heavy atom. The van der Waals surface area contributed by atoms with E-state index in [1.807, 2.05) is 12.1 Å². The molecule has 6 nitrogen and oxygen atoms in total. The number of ether oxygens (including phenoxy) is 2. The maximum Gasteiger partial charge on any atom is 0.348 e. The predicted molar refractivity (Wildman–Crippen MR) is 118 cm³/mol. The van der Waals surface area contributed by atoms with E-state index in [1.54, 1.807) is 11.5 Å². The van der Waals surface area contributed by atoms with Crippen LogP contribution < -0.4 is 10.3 Å². The zero-order valence-corrected chi connectivity index (χ0v) is 18.6. The number of esters is 1. The molecular weight excluding hydrogens is 400 g/mol. The van der Waals surface area contributed by atoms with Crippen molar-refractivity contribution in [3.05, 3.63) is 55.9 Å². The molecule has 2 aromatic heterocycles. The summed E-state index contributed by atoms with van der Waals surface area (Å²) in [5.74, 6) is 1.60. The van der Waals surface area contributed by atoms with E-state index in [9.17, 15) is 9.59 Å². The van der Waals surface area contributed by atoms with Crippen molar-refractivity contribution in [3.8, 4) is 5.75 Å². The quantitative estimate of drug-likeness (QED) is 0.432. The molecule has 158 valence electrons. The first kappa shape index (κ1) is 20.6. The number of carbonyl (C=O) groups excluding carboxylic acids is 1. The van der Waals surface area contributed by atoms with Gasteiger partial charge >= 0.3 is 5.97 Å². The predicted octanol–water partition coefficient (Wildman–Crippen LogP) is 4.38. The zero-order valence-electron chi connectivity index (χ0n) is 17.8. The highest BCUT2D eigenvalue weighted by atomic mass is 32.1. The molecule has 3 heterocycles. The van der Waals surface area contributed by atoms with Gasteiger partial charge in [-0.25, -0.2) is 9.78 Å². The van der Waals surface area contributed by atoms with Crippen LogP contribution in [0.4, 0.5) is 0 Å². The Balaban J connectivity index is 1.41. The molecule has 0 spiro atoms. The van der Waals surface area contributed by atoms with Gasteiger partial charge in [-0.1, -0.05) is 19.9 Å². The summed E-state index contributed by atoms with van der Waals surface area (Å²) in [7, 11) is 0. The topological polar surface area (TPSA) is 70.4 Å². The number of fused-ring (bicyclic) bond motifs is 2. The molecule has 0 fully saturated rings. The Labute approximate surface area is 179 Å². The summed E-state index contributed by atoms with van der Waals surface area (Å²) in [5.41, 5.74) is 3.08. The Hall–Kier alpha value is -2.67. The fourth-order valence-corrected chi connectivity index (χ4v) is 5.10. The molecule has 0 aliphatic carbocycles. The van der Waals surface area contributed by atoms with Crippen LogP contribution in [0, 0.1) is 13.8 Å². The first-order valence-electron chi connectivity index (χ1n) is 10.3. The largest absolute Gasteiger partial charge is 0.490 e. The Morgan fingerprint density at radius 3 is 2.80 bits per heavy atom. The normalized spacial score (nSPS) is 13.1. The third-order valence-electron chi connectivity index (χ3n) is 5.55. The van der Waals surface area contributed by atoms with Gasteiger partial charge in [0.1, 0.15) is 34.5 Å². The van der Waals surface area contributed by atoms with Crippen molar-refractivity contribution in [2.45, 2.75) is 53.0 Å². The number of benzene rings is 1. The van der Waals surface area contributed by atoms with Gasteiger partial charge in [0.05, 0.1) is 5.39 Å². The van der Waals surface area contributed by atoms with Crippen LogP contribution in [0.1, 0.15) is 58.4 Å². The van der Waals surface area contributed by atoms with E-state index < -0.39 is 5.97 Å². The van der Waals surface area contributed by atoms with E-state index in [2.05, 4.69) is 31.8 Å². The second-order valence-electron chi connectivity index (χ2n) is 7.98. The molecule has 0 amide bonds. The smallest absolute Gasteiger partial charge is 0.348 e. The second-order valence-corrected chi connectivity index (χ2v) is 8.98. The van der Waals surface area contributed by atoms with E-state index in [-0.39, 0.29) is 18.8 Å². The number of hydrogen-bond acceptors (Lipinski definition) is 6. The van der Waals surface area contributed by atoms with Gasteiger partial charge in [0.15, 0.2) is 0 Å². The minimum absolute atomic E-state index is 0.0520. The minimum atomic E-state index is -0.435. The summed E-state index contributed by atoms with van der Waals surface area (Å²) in [4.78, 5) is 31.0. The number of rotatable bonds is 6. The highest BCUT2D eigenvalue weighted by Crippen LogP contribution is 2.29. The second kappa shape index (κ2) is 8.22. The van der Waals surface area contributed by atoms with Crippen LogP contribution in [0.3, 0.4) is 0 Å². The van der Waals surface area contributed by atoms with Crippen LogP contribution in [0.2, 0.25) is 0 Å². The SMILES string of the molecule is Cc1cc(OCCOC(=O)c2sc3nc4n(c(=O)c3c2C)CCC4)ccc1C(C)C. The average Bonchev–Trinajstić information content (AvgIpc) is 3.30. The van der Waals surface area contributed by atoms with Crippen molar-refractivity contribution in [1.29, 1.82) is 0 Å². The van der Waals surface area contributed by atoms with Crippen LogP contribution in [-0.2, 0) is 17.7 Å². The number of aromatic nitrogens is 2. The lowest BCUT2D eigenvalue weighted by Crippen LogP contribution is -2.20. The van der Waals surface area contributed by atoms with Gasteiger partial charge < -0.3 is 9.47 Å². The molecule has 0 bridgehead atoms. The molecule has 0 atom stereocenters. The standard InChI is InChI=1S/C23H26N2O4S/c1-13(2)17-8-7-16(12-14(17)3)28-10-11-29-23(27)20-15(4)19-21(30-20)24-18-6-5-9-25(18)22(19)26/h7-8,12-13H,5-6,9-11H2,1-4H3. The van der Waals surface area contributed by atoms with Crippen LogP contribution >= 0.6 is 11.3 Å². The molecule has 0 saturated carbocycles. The van der Waals surface area contributed by atoms with Gasteiger partial charge in [0, 0.05) is 13.0 Å². The Bertz CT molecular complexity index is 1180. The molecule has 0 unspecified atom stereocenters. The molecule has 7 heteroatoms.